The maximum atomic E-state index is 6.22. The fourth-order valence-electron chi connectivity index (χ4n) is 3.06. The van der Waals surface area contributed by atoms with E-state index in [1.54, 1.807) is 0 Å². The molecule has 18 heavy (non-hydrogen) atoms. The monoisotopic (exact) mass is 246 g/mol. The molecule has 100 valence electrons. The minimum atomic E-state index is 0.322. The van der Waals surface area contributed by atoms with Crippen LogP contribution < -0.4 is 5.73 Å². The van der Waals surface area contributed by atoms with Crippen molar-refractivity contribution in [2.45, 2.75) is 39.2 Å². The Morgan fingerprint density at radius 2 is 2.11 bits per heavy atom. The summed E-state index contributed by atoms with van der Waals surface area (Å²) in [6.07, 6.45) is 1.12. The Labute approximate surface area is 111 Å². The third kappa shape index (κ3) is 3.56. The molecule has 0 radical (unpaired) electrons. The maximum Gasteiger partial charge on any atom is 0.0174 e. The van der Waals surface area contributed by atoms with E-state index in [9.17, 15) is 0 Å². The number of nitrogens with two attached hydrogens (primary N) is 1. The van der Waals surface area contributed by atoms with Gasteiger partial charge in [0.2, 0.25) is 0 Å². The molecule has 2 heteroatoms. The summed E-state index contributed by atoms with van der Waals surface area (Å²) in [5.41, 5.74) is 9.03. The molecule has 2 rings (SSSR count). The van der Waals surface area contributed by atoms with Crippen LogP contribution in [0.1, 0.15) is 37.3 Å². The van der Waals surface area contributed by atoms with E-state index in [-0.39, 0.29) is 0 Å². The number of aryl methyl sites for hydroxylation is 1. The molecule has 2 atom stereocenters. The first-order chi connectivity index (χ1) is 8.54. The SMILES string of the molecule is Cc1cccc(C2CC(N)CN(CC(C)C)C2)c1. The summed E-state index contributed by atoms with van der Waals surface area (Å²) in [6, 6.07) is 9.22. The molecule has 2 N–H and O–H groups in total. The van der Waals surface area contributed by atoms with Gasteiger partial charge in [-0.1, -0.05) is 43.7 Å². The Hall–Kier alpha value is -0.860. The lowest BCUT2D eigenvalue weighted by Gasteiger charge is -2.37. The smallest absolute Gasteiger partial charge is 0.0174 e. The van der Waals surface area contributed by atoms with Crippen molar-refractivity contribution in [3.63, 3.8) is 0 Å². The fourth-order valence-corrected chi connectivity index (χ4v) is 3.06. The molecule has 0 bridgehead atoms. The van der Waals surface area contributed by atoms with Gasteiger partial charge in [-0.25, -0.2) is 0 Å². The van der Waals surface area contributed by atoms with E-state index in [4.69, 9.17) is 5.73 Å². The summed E-state index contributed by atoms with van der Waals surface area (Å²) < 4.78 is 0. The van der Waals surface area contributed by atoms with Crippen LogP contribution in [-0.2, 0) is 0 Å². The Bertz CT molecular complexity index is 384. The molecule has 1 saturated heterocycles. The summed E-state index contributed by atoms with van der Waals surface area (Å²) in [6.45, 7) is 10.1. The van der Waals surface area contributed by atoms with Crippen molar-refractivity contribution >= 4 is 0 Å². The molecular weight excluding hydrogens is 220 g/mol. The topological polar surface area (TPSA) is 29.3 Å². The Morgan fingerprint density at radius 3 is 2.78 bits per heavy atom. The molecule has 1 fully saturated rings. The Balaban J connectivity index is 2.08. The lowest BCUT2D eigenvalue weighted by molar-refractivity contribution is 0.171. The number of rotatable bonds is 3. The molecule has 1 aromatic rings. The van der Waals surface area contributed by atoms with Gasteiger partial charge in [-0.05, 0) is 30.7 Å². The predicted molar refractivity (Wildman–Crippen MR) is 77.8 cm³/mol. The maximum absolute atomic E-state index is 6.22. The van der Waals surface area contributed by atoms with Gasteiger partial charge in [0.15, 0.2) is 0 Å². The van der Waals surface area contributed by atoms with Crippen molar-refractivity contribution in [1.82, 2.24) is 4.90 Å². The third-order valence-electron chi connectivity index (χ3n) is 3.70. The van der Waals surface area contributed by atoms with E-state index in [0.29, 0.717) is 17.9 Å². The molecule has 0 saturated carbocycles. The zero-order chi connectivity index (χ0) is 13.1. The zero-order valence-electron chi connectivity index (χ0n) is 11.9. The van der Waals surface area contributed by atoms with Gasteiger partial charge >= 0.3 is 0 Å². The lowest BCUT2D eigenvalue weighted by Crippen LogP contribution is -2.47. The summed E-state index contributed by atoms with van der Waals surface area (Å²) in [4.78, 5) is 2.53. The largest absolute Gasteiger partial charge is 0.327 e. The van der Waals surface area contributed by atoms with Gasteiger partial charge in [0.25, 0.3) is 0 Å². The highest BCUT2D eigenvalue weighted by Gasteiger charge is 2.26. The molecule has 2 nitrogen and oxygen atoms in total. The minimum Gasteiger partial charge on any atom is -0.327 e. The molecule has 1 aromatic carbocycles. The summed E-state index contributed by atoms with van der Waals surface area (Å²) in [5, 5.41) is 0. The first kappa shape index (κ1) is 13.6. The normalized spacial score (nSPS) is 25.6. The van der Waals surface area contributed by atoms with Gasteiger partial charge in [-0.2, -0.15) is 0 Å². The highest BCUT2D eigenvalue weighted by atomic mass is 15.1. The lowest BCUT2D eigenvalue weighted by atomic mass is 9.87. The van der Waals surface area contributed by atoms with Crippen molar-refractivity contribution in [2.24, 2.45) is 11.7 Å². The van der Waals surface area contributed by atoms with Crippen molar-refractivity contribution in [3.8, 4) is 0 Å². The van der Waals surface area contributed by atoms with Gasteiger partial charge in [-0.3, -0.25) is 0 Å². The van der Waals surface area contributed by atoms with E-state index >= 15 is 0 Å². The first-order valence-corrected chi connectivity index (χ1v) is 7.09. The molecule has 1 aliphatic rings. The molecule has 0 spiro atoms. The summed E-state index contributed by atoms with van der Waals surface area (Å²) in [5.74, 6) is 1.32. The number of likely N-dealkylation sites (tertiary alicyclic amines) is 1. The van der Waals surface area contributed by atoms with Crippen molar-refractivity contribution in [1.29, 1.82) is 0 Å². The van der Waals surface area contributed by atoms with Crippen LogP contribution in [0.15, 0.2) is 24.3 Å². The van der Waals surface area contributed by atoms with Crippen LogP contribution in [0.2, 0.25) is 0 Å². The van der Waals surface area contributed by atoms with Gasteiger partial charge in [0.05, 0.1) is 0 Å². The van der Waals surface area contributed by atoms with E-state index < -0.39 is 0 Å². The number of hydrogen-bond acceptors (Lipinski definition) is 2. The highest BCUT2D eigenvalue weighted by Crippen LogP contribution is 2.27. The van der Waals surface area contributed by atoms with Crippen molar-refractivity contribution in [2.75, 3.05) is 19.6 Å². The van der Waals surface area contributed by atoms with E-state index in [0.717, 1.165) is 26.1 Å². The minimum absolute atomic E-state index is 0.322. The number of benzene rings is 1. The summed E-state index contributed by atoms with van der Waals surface area (Å²) in [7, 11) is 0. The van der Waals surface area contributed by atoms with Crippen molar-refractivity contribution < 1.29 is 0 Å². The van der Waals surface area contributed by atoms with E-state index in [1.807, 2.05) is 0 Å². The molecule has 1 aliphatic heterocycles. The highest BCUT2D eigenvalue weighted by molar-refractivity contribution is 5.26. The van der Waals surface area contributed by atoms with Crippen LogP contribution >= 0.6 is 0 Å². The first-order valence-electron chi connectivity index (χ1n) is 7.09. The Morgan fingerprint density at radius 1 is 1.33 bits per heavy atom. The second-order valence-electron chi connectivity index (χ2n) is 6.22. The second kappa shape index (κ2) is 5.85. The number of hydrogen-bond donors (Lipinski definition) is 1. The molecule has 1 heterocycles. The second-order valence-corrected chi connectivity index (χ2v) is 6.22. The van der Waals surface area contributed by atoms with Gasteiger partial charge in [0, 0.05) is 25.7 Å². The number of nitrogens with zero attached hydrogens (tertiary/aromatic N) is 1. The van der Waals surface area contributed by atoms with E-state index in [2.05, 4.69) is 49.9 Å². The Kier molecular flexibility index (Phi) is 4.41. The average molecular weight is 246 g/mol. The standard InChI is InChI=1S/C16H26N2/c1-12(2)9-18-10-15(8-16(17)11-18)14-6-4-5-13(3)7-14/h4-7,12,15-16H,8-11,17H2,1-3H3. The predicted octanol–water partition coefficient (Wildman–Crippen LogP) is 2.77. The summed E-state index contributed by atoms with van der Waals surface area (Å²) >= 11 is 0. The van der Waals surface area contributed by atoms with Crippen LogP contribution in [0, 0.1) is 12.8 Å². The van der Waals surface area contributed by atoms with Crippen LogP contribution in [0.4, 0.5) is 0 Å². The van der Waals surface area contributed by atoms with E-state index in [1.165, 1.54) is 11.1 Å². The molecule has 0 aliphatic carbocycles. The molecule has 2 unspecified atom stereocenters. The van der Waals surface area contributed by atoms with Crippen LogP contribution in [0.3, 0.4) is 0 Å². The van der Waals surface area contributed by atoms with Crippen molar-refractivity contribution in [3.05, 3.63) is 35.4 Å². The van der Waals surface area contributed by atoms with Gasteiger partial charge < -0.3 is 10.6 Å². The zero-order valence-corrected chi connectivity index (χ0v) is 11.9. The molecule has 0 amide bonds. The third-order valence-corrected chi connectivity index (χ3v) is 3.70. The van der Waals surface area contributed by atoms with Crippen LogP contribution in [0.25, 0.3) is 0 Å². The quantitative estimate of drug-likeness (QED) is 0.888. The fraction of sp³-hybridized carbons (Fsp3) is 0.625. The van der Waals surface area contributed by atoms with Gasteiger partial charge in [-0.15, -0.1) is 0 Å². The van der Waals surface area contributed by atoms with Crippen LogP contribution in [0.5, 0.6) is 0 Å². The number of piperidine rings is 1. The molecular formula is C16H26N2. The molecule has 0 aromatic heterocycles. The average Bonchev–Trinajstić information content (AvgIpc) is 2.27. The van der Waals surface area contributed by atoms with Crippen LogP contribution in [-0.4, -0.2) is 30.6 Å². The van der Waals surface area contributed by atoms with Gasteiger partial charge in [0.1, 0.15) is 0 Å².